The summed E-state index contributed by atoms with van der Waals surface area (Å²) in [6.07, 6.45) is 1.96. The molecule has 2 unspecified atom stereocenters. The van der Waals surface area contributed by atoms with Gasteiger partial charge in [0.15, 0.2) is 0 Å². The molecule has 82 valence electrons. The summed E-state index contributed by atoms with van der Waals surface area (Å²) in [5.74, 6) is -0.543. The van der Waals surface area contributed by atoms with E-state index in [0.29, 0.717) is 5.57 Å². The van der Waals surface area contributed by atoms with Crippen molar-refractivity contribution in [2.24, 2.45) is 5.92 Å². The number of rotatable bonds is 6. The quantitative estimate of drug-likeness (QED) is 0.406. The Balaban J connectivity index is 3.88. The SMILES string of the molecule is C=C(C)C(=O)OC(O)C(C)CCCC. The standard InChI is InChI=1S/C11H20O3/c1-5-6-7-9(4)11(13)14-10(12)8(2)3/h9,11,13H,2,5-7H2,1,3-4H3. The van der Waals surface area contributed by atoms with Crippen LogP contribution in [-0.4, -0.2) is 17.4 Å². The van der Waals surface area contributed by atoms with Crippen LogP contribution >= 0.6 is 0 Å². The van der Waals surface area contributed by atoms with E-state index in [4.69, 9.17) is 4.74 Å². The molecule has 2 atom stereocenters. The summed E-state index contributed by atoms with van der Waals surface area (Å²) in [5.41, 5.74) is 0.312. The molecule has 0 aromatic carbocycles. The van der Waals surface area contributed by atoms with E-state index in [0.717, 1.165) is 19.3 Å². The van der Waals surface area contributed by atoms with Crippen molar-refractivity contribution in [2.45, 2.75) is 46.3 Å². The summed E-state index contributed by atoms with van der Waals surface area (Å²) in [6, 6.07) is 0. The van der Waals surface area contributed by atoms with Gasteiger partial charge in [0, 0.05) is 11.5 Å². The Bertz CT molecular complexity index is 199. The maximum atomic E-state index is 11.0. The van der Waals surface area contributed by atoms with E-state index in [1.807, 2.05) is 6.92 Å². The molecule has 3 heteroatoms. The Kier molecular flexibility index (Phi) is 6.21. The summed E-state index contributed by atoms with van der Waals surface area (Å²) >= 11 is 0. The average molecular weight is 200 g/mol. The third-order valence-electron chi connectivity index (χ3n) is 2.08. The number of hydrogen-bond acceptors (Lipinski definition) is 3. The summed E-state index contributed by atoms with van der Waals surface area (Å²) in [4.78, 5) is 11.0. The molecule has 0 aliphatic heterocycles. The molecule has 0 radical (unpaired) electrons. The fraction of sp³-hybridized carbons (Fsp3) is 0.727. The van der Waals surface area contributed by atoms with Crippen LogP contribution in [0.25, 0.3) is 0 Å². The van der Waals surface area contributed by atoms with E-state index in [1.54, 1.807) is 6.92 Å². The van der Waals surface area contributed by atoms with Gasteiger partial charge in [0.2, 0.25) is 6.29 Å². The largest absolute Gasteiger partial charge is 0.432 e. The first kappa shape index (κ1) is 13.2. The molecule has 0 amide bonds. The van der Waals surface area contributed by atoms with Gasteiger partial charge >= 0.3 is 5.97 Å². The van der Waals surface area contributed by atoms with Crippen LogP contribution in [0.3, 0.4) is 0 Å². The Hall–Kier alpha value is -0.830. The molecule has 0 rings (SSSR count). The molecule has 1 N–H and O–H groups in total. The van der Waals surface area contributed by atoms with Crippen LogP contribution in [0.5, 0.6) is 0 Å². The van der Waals surface area contributed by atoms with Gasteiger partial charge in [0.25, 0.3) is 0 Å². The van der Waals surface area contributed by atoms with Gasteiger partial charge in [-0.3, -0.25) is 0 Å². The highest BCUT2D eigenvalue weighted by atomic mass is 16.6. The van der Waals surface area contributed by atoms with E-state index >= 15 is 0 Å². The Morgan fingerprint density at radius 3 is 2.57 bits per heavy atom. The molecular weight excluding hydrogens is 180 g/mol. The highest BCUT2D eigenvalue weighted by Crippen LogP contribution is 2.14. The van der Waals surface area contributed by atoms with Gasteiger partial charge in [0.1, 0.15) is 0 Å². The lowest BCUT2D eigenvalue weighted by Crippen LogP contribution is -2.25. The van der Waals surface area contributed by atoms with Gasteiger partial charge < -0.3 is 9.84 Å². The highest BCUT2D eigenvalue weighted by Gasteiger charge is 2.18. The molecule has 0 heterocycles. The van der Waals surface area contributed by atoms with Crippen molar-refractivity contribution >= 4 is 5.97 Å². The van der Waals surface area contributed by atoms with Gasteiger partial charge in [-0.25, -0.2) is 4.79 Å². The first-order valence-corrected chi connectivity index (χ1v) is 5.03. The Morgan fingerprint density at radius 1 is 1.57 bits per heavy atom. The third kappa shape index (κ3) is 5.02. The highest BCUT2D eigenvalue weighted by molar-refractivity contribution is 5.86. The predicted molar refractivity (Wildman–Crippen MR) is 55.6 cm³/mol. The second-order valence-corrected chi connectivity index (χ2v) is 3.70. The molecule has 0 aromatic heterocycles. The molecule has 0 saturated heterocycles. The van der Waals surface area contributed by atoms with Crippen LogP contribution in [0.1, 0.15) is 40.0 Å². The van der Waals surface area contributed by atoms with Crippen molar-refractivity contribution in [2.75, 3.05) is 0 Å². The fourth-order valence-electron chi connectivity index (χ4n) is 0.995. The minimum atomic E-state index is -1.01. The van der Waals surface area contributed by atoms with Crippen molar-refractivity contribution in [3.63, 3.8) is 0 Å². The fourth-order valence-corrected chi connectivity index (χ4v) is 0.995. The van der Waals surface area contributed by atoms with Gasteiger partial charge in [0.05, 0.1) is 0 Å². The summed E-state index contributed by atoms with van der Waals surface area (Å²) < 4.78 is 4.79. The molecular formula is C11H20O3. The van der Waals surface area contributed by atoms with Crippen molar-refractivity contribution in [1.29, 1.82) is 0 Å². The van der Waals surface area contributed by atoms with E-state index in [-0.39, 0.29) is 5.92 Å². The van der Waals surface area contributed by atoms with Crippen LogP contribution < -0.4 is 0 Å². The van der Waals surface area contributed by atoms with Crippen LogP contribution in [0.15, 0.2) is 12.2 Å². The number of carbonyl (C=O) groups excluding carboxylic acids is 1. The van der Waals surface area contributed by atoms with Crippen molar-refractivity contribution in [3.05, 3.63) is 12.2 Å². The predicted octanol–water partition coefficient (Wildman–Crippen LogP) is 2.25. The normalized spacial score (nSPS) is 14.6. The molecule has 0 fully saturated rings. The number of hydrogen-bond donors (Lipinski definition) is 1. The van der Waals surface area contributed by atoms with Crippen LogP contribution in [0.2, 0.25) is 0 Å². The number of unbranched alkanes of at least 4 members (excludes halogenated alkanes) is 1. The van der Waals surface area contributed by atoms with Gasteiger partial charge in [-0.1, -0.05) is 33.3 Å². The number of aliphatic hydroxyl groups excluding tert-OH is 1. The first-order chi connectivity index (χ1) is 6.49. The minimum Gasteiger partial charge on any atom is -0.432 e. The van der Waals surface area contributed by atoms with Crippen molar-refractivity contribution in [3.8, 4) is 0 Å². The number of carbonyl (C=O) groups is 1. The maximum absolute atomic E-state index is 11.0. The summed E-state index contributed by atoms with van der Waals surface area (Å²) in [7, 11) is 0. The Labute approximate surface area is 85.8 Å². The van der Waals surface area contributed by atoms with Gasteiger partial charge in [-0.15, -0.1) is 0 Å². The number of ether oxygens (including phenoxy) is 1. The van der Waals surface area contributed by atoms with Gasteiger partial charge in [-0.05, 0) is 13.3 Å². The van der Waals surface area contributed by atoms with Crippen molar-refractivity contribution < 1.29 is 14.6 Å². The zero-order chi connectivity index (χ0) is 11.1. The average Bonchev–Trinajstić information content (AvgIpc) is 2.13. The molecule has 0 aliphatic carbocycles. The van der Waals surface area contributed by atoms with E-state index in [2.05, 4.69) is 13.5 Å². The molecule has 0 aromatic rings. The Morgan fingerprint density at radius 2 is 2.14 bits per heavy atom. The first-order valence-electron chi connectivity index (χ1n) is 5.03. The topological polar surface area (TPSA) is 46.5 Å². The maximum Gasteiger partial charge on any atom is 0.335 e. The van der Waals surface area contributed by atoms with Crippen LogP contribution in [0, 0.1) is 5.92 Å². The lowest BCUT2D eigenvalue weighted by Gasteiger charge is -2.18. The zero-order valence-corrected chi connectivity index (χ0v) is 9.25. The second-order valence-electron chi connectivity index (χ2n) is 3.70. The minimum absolute atomic E-state index is 0.0155. The van der Waals surface area contributed by atoms with Crippen LogP contribution in [0.4, 0.5) is 0 Å². The second kappa shape index (κ2) is 6.60. The lowest BCUT2D eigenvalue weighted by molar-refractivity contribution is -0.171. The van der Waals surface area contributed by atoms with E-state index in [9.17, 15) is 9.90 Å². The number of esters is 1. The number of aliphatic hydroxyl groups is 1. The smallest absolute Gasteiger partial charge is 0.335 e. The molecule has 0 aliphatic rings. The lowest BCUT2D eigenvalue weighted by atomic mass is 10.0. The summed E-state index contributed by atoms with van der Waals surface area (Å²) in [6.45, 7) is 8.95. The third-order valence-corrected chi connectivity index (χ3v) is 2.08. The molecule has 0 spiro atoms. The van der Waals surface area contributed by atoms with Crippen LogP contribution in [-0.2, 0) is 9.53 Å². The van der Waals surface area contributed by atoms with E-state index in [1.165, 1.54) is 0 Å². The summed E-state index contributed by atoms with van der Waals surface area (Å²) in [5, 5.41) is 9.48. The molecule has 14 heavy (non-hydrogen) atoms. The van der Waals surface area contributed by atoms with Gasteiger partial charge in [-0.2, -0.15) is 0 Å². The monoisotopic (exact) mass is 200 g/mol. The van der Waals surface area contributed by atoms with E-state index < -0.39 is 12.3 Å². The van der Waals surface area contributed by atoms with Crippen molar-refractivity contribution in [1.82, 2.24) is 0 Å². The molecule has 0 saturated carbocycles. The zero-order valence-electron chi connectivity index (χ0n) is 9.25. The molecule has 3 nitrogen and oxygen atoms in total. The molecule has 0 bridgehead atoms.